The molecular formula is C16H23N3O3. The summed E-state index contributed by atoms with van der Waals surface area (Å²) in [5.41, 5.74) is 1.39. The number of non-ortho nitro benzene ring substituents is 1. The third-order valence-corrected chi connectivity index (χ3v) is 4.01. The van der Waals surface area contributed by atoms with Crippen LogP contribution in [0.15, 0.2) is 18.2 Å². The predicted octanol–water partition coefficient (Wildman–Crippen LogP) is 3.11. The van der Waals surface area contributed by atoms with Crippen LogP contribution >= 0.6 is 0 Å². The first-order valence-corrected chi connectivity index (χ1v) is 7.83. The summed E-state index contributed by atoms with van der Waals surface area (Å²) in [6.07, 6.45) is 6.05. The van der Waals surface area contributed by atoms with Crippen LogP contribution in [0.1, 0.15) is 37.7 Å². The lowest BCUT2D eigenvalue weighted by Gasteiger charge is -2.23. The molecule has 1 N–H and O–H groups in total. The van der Waals surface area contributed by atoms with Crippen molar-refractivity contribution in [2.75, 3.05) is 25.0 Å². The van der Waals surface area contributed by atoms with E-state index in [2.05, 4.69) is 10.2 Å². The van der Waals surface area contributed by atoms with E-state index in [1.54, 1.807) is 13.0 Å². The van der Waals surface area contributed by atoms with Crippen molar-refractivity contribution in [2.24, 2.45) is 0 Å². The zero-order chi connectivity index (χ0) is 15.9. The summed E-state index contributed by atoms with van der Waals surface area (Å²) in [6.45, 7) is 4.08. The van der Waals surface area contributed by atoms with Crippen molar-refractivity contribution in [3.63, 3.8) is 0 Å². The number of nitrogens with zero attached hydrogens (tertiary/aromatic N) is 2. The average molecular weight is 305 g/mol. The van der Waals surface area contributed by atoms with E-state index in [1.165, 1.54) is 31.4 Å². The molecule has 1 aliphatic rings. The molecule has 1 aromatic rings. The van der Waals surface area contributed by atoms with Gasteiger partial charge in [-0.3, -0.25) is 19.8 Å². The highest BCUT2D eigenvalue weighted by atomic mass is 16.6. The van der Waals surface area contributed by atoms with Crippen LogP contribution in [0.5, 0.6) is 0 Å². The number of carbonyl (C=O) groups is 1. The highest BCUT2D eigenvalue weighted by Crippen LogP contribution is 2.21. The highest BCUT2D eigenvalue weighted by molar-refractivity contribution is 5.93. The van der Waals surface area contributed by atoms with Crippen LogP contribution in [-0.4, -0.2) is 35.4 Å². The minimum atomic E-state index is -0.432. The number of nitrogens with one attached hydrogen (secondary N) is 1. The number of carbonyl (C=O) groups excluding carboxylic acids is 1. The molecule has 6 nitrogen and oxygen atoms in total. The third kappa shape index (κ3) is 4.80. The van der Waals surface area contributed by atoms with E-state index in [0.717, 1.165) is 25.9 Å². The van der Waals surface area contributed by atoms with E-state index in [0.29, 0.717) is 17.8 Å². The van der Waals surface area contributed by atoms with Crippen LogP contribution in [0, 0.1) is 17.0 Å². The van der Waals surface area contributed by atoms with Crippen molar-refractivity contribution >= 4 is 17.3 Å². The van der Waals surface area contributed by atoms with E-state index >= 15 is 0 Å². The van der Waals surface area contributed by atoms with Gasteiger partial charge in [0.1, 0.15) is 0 Å². The number of hydrogen-bond donors (Lipinski definition) is 1. The number of nitro benzene ring substituents is 1. The molecule has 1 saturated heterocycles. The fraction of sp³-hybridized carbons (Fsp3) is 0.562. The van der Waals surface area contributed by atoms with E-state index < -0.39 is 4.92 Å². The van der Waals surface area contributed by atoms with E-state index in [-0.39, 0.29) is 11.6 Å². The molecule has 2 rings (SSSR count). The molecule has 0 unspecified atom stereocenters. The maximum atomic E-state index is 12.2. The smallest absolute Gasteiger partial charge is 0.269 e. The summed E-state index contributed by atoms with van der Waals surface area (Å²) < 4.78 is 0. The minimum absolute atomic E-state index is 0.0410. The fourth-order valence-electron chi connectivity index (χ4n) is 2.77. The lowest BCUT2D eigenvalue weighted by molar-refractivity contribution is -0.384. The van der Waals surface area contributed by atoms with Crippen molar-refractivity contribution in [1.82, 2.24) is 4.90 Å². The molecule has 0 aromatic heterocycles. The van der Waals surface area contributed by atoms with Gasteiger partial charge in [-0.05, 0) is 44.5 Å². The topological polar surface area (TPSA) is 75.5 Å². The maximum Gasteiger partial charge on any atom is 0.269 e. The van der Waals surface area contributed by atoms with Gasteiger partial charge < -0.3 is 5.32 Å². The zero-order valence-electron chi connectivity index (χ0n) is 13.0. The zero-order valence-corrected chi connectivity index (χ0v) is 13.0. The van der Waals surface area contributed by atoms with Gasteiger partial charge in [0, 0.05) is 17.8 Å². The maximum absolute atomic E-state index is 12.2. The molecule has 0 bridgehead atoms. The van der Waals surface area contributed by atoms with Gasteiger partial charge in [0.25, 0.3) is 5.69 Å². The first-order valence-electron chi connectivity index (χ1n) is 7.83. The number of benzene rings is 1. The Bertz CT molecular complexity index is 537. The number of amides is 1. The van der Waals surface area contributed by atoms with Crippen molar-refractivity contribution in [1.29, 1.82) is 0 Å². The lowest BCUT2D eigenvalue weighted by Crippen LogP contribution is -2.35. The molecule has 0 saturated carbocycles. The first kappa shape index (κ1) is 16.4. The van der Waals surface area contributed by atoms with Gasteiger partial charge in [0.05, 0.1) is 11.5 Å². The molecule has 22 heavy (non-hydrogen) atoms. The monoisotopic (exact) mass is 305 g/mol. The quantitative estimate of drug-likeness (QED) is 0.685. The first-order chi connectivity index (χ1) is 10.6. The van der Waals surface area contributed by atoms with Crippen molar-refractivity contribution in [2.45, 2.75) is 39.0 Å². The molecular weight excluding hydrogens is 282 g/mol. The molecule has 1 aliphatic heterocycles. The van der Waals surface area contributed by atoms with Crippen LogP contribution in [0.4, 0.5) is 11.4 Å². The number of aryl methyl sites for hydroxylation is 1. The number of likely N-dealkylation sites (tertiary alicyclic amines) is 1. The van der Waals surface area contributed by atoms with Crippen LogP contribution < -0.4 is 5.32 Å². The van der Waals surface area contributed by atoms with E-state index in [9.17, 15) is 14.9 Å². The van der Waals surface area contributed by atoms with Crippen LogP contribution in [0.25, 0.3) is 0 Å². The van der Waals surface area contributed by atoms with E-state index in [4.69, 9.17) is 0 Å². The number of hydrogen-bond acceptors (Lipinski definition) is 4. The molecule has 1 aromatic carbocycles. The average Bonchev–Trinajstić information content (AvgIpc) is 2.43. The van der Waals surface area contributed by atoms with Crippen LogP contribution in [0.2, 0.25) is 0 Å². The largest absolute Gasteiger partial charge is 0.325 e. The van der Waals surface area contributed by atoms with Crippen molar-refractivity contribution < 1.29 is 9.72 Å². The minimum Gasteiger partial charge on any atom is -0.325 e. The normalized spacial score (nSPS) is 16.6. The van der Waals surface area contributed by atoms with E-state index in [1.807, 2.05) is 0 Å². The lowest BCUT2D eigenvalue weighted by atomic mass is 10.1. The van der Waals surface area contributed by atoms with Crippen molar-refractivity contribution in [3.8, 4) is 0 Å². The molecule has 0 radical (unpaired) electrons. The van der Waals surface area contributed by atoms with Gasteiger partial charge in [0.2, 0.25) is 5.91 Å². The summed E-state index contributed by atoms with van der Waals surface area (Å²) in [5, 5.41) is 13.6. The third-order valence-electron chi connectivity index (χ3n) is 4.01. The summed E-state index contributed by atoms with van der Waals surface area (Å²) >= 11 is 0. The van der Waals surface area contributed by atoms with Gasteiger partial charge in [-0.2, -0.15) is 0 Å². The molecule has 0 spiro atoms. The van der Waals surface area contributed by atoms with Crippen LogP contribution in [0.3, 0.4) is 0 Å². The second-order valence-electron chi connectivity index (χ2n) is 5.85. The summed E-state index contributed by atoms with van der Waals surface area (Å²) in [4.78, 5) is 24.6. The van der Waals surface area contributed by atoms with Gasteiger partial charge in [-0.1, -0.05) is 19.3 Å². The number of anilines is 1. The fourth-order valence-corrected chi connectivity index (χ4v) is 2.77. The highest BCUT2D eigenvalue weighted by Gasteiger charge is 2.14. The van der Waals surface area contributed by atoms with Gasteiger partial charge in [-0.15, -0.1) is 0 Å². The summed E-state index contributed by atoms with van der Waals surface area (Å²) in [6, 6.07) is 4.49. The number of nitro groups is 1. The van der Waals surface area contributed by atoms with Crippen molar-refractivity contribution in [3.05, 3.63) is 33.9 Å². The van der Waals surface area contributed by atoms with Crippen LogP contribution in [-0.2, 0) is 4.79 Å². The Morgan fingerprint density at radius 1 is 1.23 bits per heavy atom. The second-order valence-corrected chi connectivity index (χ2v) is 5.85. The Labute approximate surface area is 130 Å². The SMILES string of the molecule is Cc1cc([N+](=O)[O-])ccc1NC(=O)CN1CCCCCCC1. The Kier molecular flexibility index (Phi) is 5.89. The number of rotatable bonds is 4. The Morgan fingerprint density at radius 3 is 2.45 bits per heavy atom. The molecule has 1 heterocycles. The standard InChI is InChI=1S/C16H23N3O3/c1-13-11-14(19(21)22)7-8-15(13)17-16(20)12-18-9-5-3-2-4-6-10-18/h7-8,11H,2-6,9-10,12H2,1H3,(H,17,20). The Hall–Kier alpha value is -1.95. The summed E-state index contributed by atoms with van der Waals surface area (Å²) in [5.74, 6) is -0.0578. The summed E-state index contributed by atoms with van der Waals surface area (Å²) in [7, 11) is 0. The molecule has 6 heteroatoms. The molecule has 1 amide bonds. The molecule has 1 fully saturated rings. The van der Waals surface area contributed by atoms with Gasteiger partial charge in [0.15, 0.2) is 0 Å². The van der Waals surface area contributed by atoms with Gasteiger partial charge in [-0.25, -0.2) is 0 Å². The Morgan fingerprint density at radius 2 is 1.86 bits per heavy atom. The second kappa shape index (κ2) is 7.89. The molecule has 0 atom stereocenters. The molecule has 120 valence electrons. The predicted molar refractivity (Wildman–Crippen MR) is 86.0 cm³/mol. The molecule has 0 aliphatic carbocycles. The Balaban J connectivity index is 1.92. The van der Waals surface area contributed by atoms with Gasteiger partial charge >= 0.3 is 0 Å².